The van der Waals surface area contributed by atoms with Crippen LogP contribution >= 0.6 is 27.7 Å². The van der Waals surface area contributed by atoms with E-state index in [-0.39, 0.29) is 11.7 Å². The lowest BCUT2D eigenvalue weighted by molar-refractivity contribution is -0.119. The van der Waals surface area contributed by atoms with Crippen LogP contribution in [0.1, 0.15) is 19.8 Å². The molecule has 1 aromatic rings. The molecule has 0 bridgehead atoms. The van der Waals surface area contributed by atoms with Gasteiger partial charge in [-0.25, -0.2) is 0 Å². The normalized spacial score (nSPS) is 17.1. The zero-order valence-electron chi connectivity index (χ0n) is 11.1. The molecule has 0 aliphatic heterocycles. The maximum atomic E-state index is 12.0. The smallest absolute Gasteiger partial charge is 0.231 e. The first-order valence-corrected chi connectivity index (χ1v) is 8.12. The summed E-state index contributed by atoms with van der Waals surface area (Å²) in [4.78, 5) is 12.8. The number of nitriles is 1. The quantitative estimate of drug-likeness (QED) is 0.629. The Morgan fingerprint density at radius 1 is 1.65 bits per heavy atom. The van der Waals surface area contributed by atoms with Gasteiger partial charge in [-0.3, -0.25) is 4.79 Å². The molecule has 1 fully saturated rings. The van der Waals surface area contributed by atoms with Gasteiger partial charge in [0.15, 0.2) is 0 Å². The second-order valence-electron chi connectivity index (χ2n) is 5.11. The largest absolute Gasteiger partial charge is 0.398 e. The van der Waals surface area contributed by atoms with Gasteiger partial charge in [-0.05, 0) is 43.9 Å². The summed E-state index contributed by atoms with van der Waals surface area (Å²) in [6.45, 7) is 1.79. The molecular weight excluding hydrogens is 338 g/mol. The number of thioether (sulfide) groups is 1. The molecule has 3 N–H and O–H groups in total. The van der Waals surface area contributed by atoms with Crippen molar-refractivity contribution < 1.29 is 4.79 Å². The van der Waals surface area contributed by atoms with Gasteiger partial charge in [-0.1, -0.05) is 15.9 Å². The van der Waals surface area contributed by atoms with Crippen molar-refractivity contribution in [2.24, 2.45) is 5.92 Å². The maximum Gasteiger partial charge on any atom is 0.231 e. The molecule has 2 rings (SSSR count). The van der Waals surface area contributed by atoms with E-state index in [1.54, 1.807) is 6.92 Å². The van der Waals surface area contributed by atoms with Crippen molar-refractivity contribution in [1.82, 2.24) is 5.32 Å². The monoisotopic (exact) mass is 353 g/mol. The number of amides is 1. The van der Waals surface area contributed by atoms with Crippen LogP contribution in [0.15, 0.2) is 27.6 Å². The van der Waals surface area contributed by atoms with Crippen molar-refractivity contribution in [2.45, 2.75) is 30.2 Å². The summed E-state index contributed by atoms with van der Waals surface area (Å²) in [5.41, 5.74) is 5.79. The molecule has 106 valence electrons. The highest BCUT2D eigenvalue weighted by Crippen LogP contribution is 2.39. The summed E-state index contributed by atoms with van der Waals surface area (Å²) in [5.74, 6) is 0.419. The molecule has 0 saturated heterocycles. The number of carbonyl (C=O) groups is 1. The second-order valence-corrected chi connectivity index (χ2v) is 7.04. The summed E-state index contributed by atoms with van der Waals surface area (Å²) >= 11 is 4.72. The highest BCUT2D eigenvalue weighted by atomic mass is 79.9. The van der Waals surface area contributed by atoms with E-state index < -0.39 is 5.54 Å². The number of rotatable bonds is 5. The van der Waals surface area contributed by atoms with Gasteiger partial charge in [0, 0.05) is 15.1 Å². The Hall–Kier alpha value is -1.19. The van der Waals surface area contributed by atoms with Gasteiger partial charge >= 0.3 is 0 Å². The van der Waals surface area contributed by atoms with Crippen molar-refractivity contribution in [3.8, 4) is 6.07 Å². The molecule has 1 saturated carbocycles. The Labute approximate surface area is 131 Å². The number of halogens is 1. The van der Waals surface area contributed by atoms with Gasteiger partial charge in [0.05, 0.1) is 11.8 Å². The van der Waals surface area contributed by atoms with Gasteiger partial charge in [0.2, 0.25) is 5.91 Å². The summed E-state index contributed by atoms with van der Waals surface area (Å²) < 4.78 is 0.912. The van der Waals surface area contributed by atoms with Crippen molar-refractivity contribution in [3.63, 3.8) is 0 Å². The molecule has 1 aliphatic carbocycles. The number of benzene rings is 1. The van der Waals surface area contributed by atoms with E-state index in [0.717, 1.165) is 22.2 Å². The van der Waals surface area contributed by atoms with E-state index in [1.165, 1.54) is 11.8 Å². The number of nitrogens with zero attached hydrogens (tertiary/aromatic N) is 1. The first-order chi connectivity index (χ1) is 9.44. The van der Waals surface area contributed by atoms with Gasteiger partial charge in [0.25, 0.3) is 0 Å². The molecule has 0 radical (unpaired) electrons. The second kappa shape index (κ2) is 6.06. The average molecular weight is 354 g/mol. The molecule has 1 atom stereocenters. The van der Waals surface area contributed by atoms with Crippen LogP contribution in [0, 0.1) is 17.2 Å². The fourth-order valence-corrected chi connectivity index (χ4v) is 3.13. The van der Waals surface area contributed by atoms with Gasteiger partial charge in [-0.15, -0.1) is 11.8 Å². The van der Waals surface area contributed by atoms with E-state index in [1.807, 2.05) is 18.2 Å². The lowest BCUT2D eigenvalue weighted by Crippen LogP contribution is -2.47. The minimum absolute atomic E-state index is 0.131. The highest BCUT2D eigenvalue weighted by Gasteiger charge is 2.42. The third kappa shape index (κ3) is 3.68. The van der Waals surface area contributed by atoms with E-state index in [0.29, 0.717) is 11.6 Å². The molecule has 1 aliphatic rings. The number of anilines is 1. The summed E-state index contributed by atoms with van der Waals surface area (Å²) in [6.07, 6.45) is 2.02. The fourth-order valence-electron chi connectivity index (χ4n) is 2.00. The summed E-state index contributed by atoms with van der Waals surface area (Å²) in [7, 11) is 0. The van der Waals surface area contributed by atoms with Gasteiger partial charge < -0.3 is 11.1 Å². The highest BCUT2D eigenvalue weighted by molar-refractivity contribution is 9.10. The molecule has 20 heavy (non-hydrogen) atoms. The van der Waals surface area contributed by atoms with Crippen LogP contribution < -0.4 is 11.1 Å². The Kier molecular flexibility index (Phi) is 4.61. The number of hydrogen-bond donors (Lipinski definition) is 2. The number of hydrogen-bond acceptors (Lipinski definition) is 4. The van der Waals surface area contributed by atoms with Crippen molar-refractivity contribution >= 4 is 39.3 Å². The molecule has 1 amide bonds. The molecule has 0 heterocycles. The van der Waals surface area contributed by atoms with Crippen molar-refractivity contribution in [1.29, 1.82) is 5.26 Å². The number of nitrogen functional groups attached to an aromatic ring is 1. The minimum Gasteiger partial charge on any atom is -0.398 e. The van der Waals surface area contributed by atoms with Crippen LogP contribution in [0.25, 0.3) is 0 Å². The summed E-state index contributed by atoms with van der Waals surface area (Å²) in [5, 5.41) is 12.0. The van der Waals surface area contributed by atoms with E-state index >= 15 is 0 Å². The number of nitrogens with one attached hydrogen (secondary N) is 1. The molecule has 1 aromatic carbocycles. The predicted molar refractivity (Wildman–Crippen MR) is 84.2 cm³/mol. The Morgan fingerprint density at radius 3 is 2.90 bits per heavy atom. The van der Waals surface area contributed by atoms with Crippen LogP contribution in [-0.4, -0.2) is 17.2 Å². The Bertz CT molecular complexity index is 568. The van der Waals surface area contributed by atoms with Gasteiger partial charge in [-0.2, -0.15) is 5.26 Å². The number of carbonyl (C=O) groups excluding carboxylic acids is 1. The topological polar surface area (TPSA) is 78.9 Å². The first-order valence-electron chi connectivity index (χ1n) is 6.34. The van der Waals surface area contributed by atoms with Crippen LogP contribution in [0.5, 0.6) is 0 Å². The number of nitrogens with two attached hydrogens (primary N) is 1. The minimum atomic E-state index is -0.733. The summed E-state index contributed by atoms with van der Waals surface area (Å²) in [6, 6.07) is 7.79. The molecule has 1 unspecified atom stereocenters. The van der Waals surface area contributed by atoms with Crippen LogP contribution in [0.4, 0.5) is 5.69 Å². The van der Waals surface area contributed by atoms with Crippen molar-refractivity contribution in [2.75, 3.05) is 11.5 Å². The third-order valence-corrected chi connectivity index (χ3v) is 4.94. The SMILES string of the molecule is CC(C#N)(NC(=O)CSc1ccc(Br)cc1N)C1CC1. The molecule has 0 aromatic heterocycles. The fraction of sp³-hybridized carbons (Fsp3) is 0.429. The molecular formula is C14H16BrN3OS. The molecule has 0 spiro atoms. The van der Waals surface area contributed by atoms with Gasteiger partial charge in [0.1, 0.15) is 5.54 Å². The Morgan fingerprint density at radius 2 is 2.35 bits per heavy atom. The van der Waals surface area contributed by atoms with Crippen LogP contribution in [0.3, 0.4) is 0 Å². The van der Waals surface area contributed by atoms with E-state index in [4.69, 9.17) is 5.73 Å². The van der Waals surface area contributed by atoms with E-state index in [9.17, 15) is 10.1 Å². The molecule has 6 heteroatoms. The first kappa shape index (κ1) is 15.2. The zero-order valence-corrected chi connectivity index (χ0v) is 13.6. The average Bonchev–Trinajstić information content (AvgIpc) is 3.22. The van der Waals surface area contributed by atoms with E-state index in [2.05, 4.69) is 27.3 Å². The predicted octanol–water partition coefficient (Wildman–Crippen LogP) is 2.93. The van der Waals surface area contributed by atoms with Crippen LogP contribution in [-0.2, 0) is 4.79 Å². The zero-order chi connectivity index (χ0) is 14.8. The lowest BCUT2D eigenvalue weighted by Gasteiger charge is -2.22. The lowest BCUT2D eigenvalue weighted by atomic mass is 9.98. The van der Waals surface area contributed by atoms with Crippen molar-refractivity contribution in [3.05, 3.63) is 22.7 Å². The third-order valence-electron chi connectivity index (χ3n) is 3.36. The molecule has 4 nitrogen and oxygen atoms in total. The Balaban J connectivity index is 1.90. The standard InChI is InChI=1S/C14H16BrN3OS/c1-14(8-16,9-2-3-9)18-13(19)7-20-12-5-4-10(15)6-11(12)17/h4-6,9H,2-3,7,17H2,1H3,(H,18,19). The maximum absolute atomic E-state index is 12.0. The van der Waals surface area contributed by atoms with Crippen LogP contribution in [0.2, 0.25) is 0 Å².